The van der Waals surface area contributed by atoms with Gasteiger partial charge in [0.25, 0.3) is 0 Å². The summed E-state index contributed by atoms with van der Waals surface area (Å²) in [5, 5.41) is 0.878. The molecule has 0 aliphatic carbocycles. The number of fused-ring (bicyclic) bond motifs is 1. The molecule has 0 N–H and O–H groups in total. The molecule has 28 heavy (non-hydrogen) atoms. The molecule has 4 nitrogen and oxygen atoms in total. The number of sulfone groups is 1. The summed E-state index contributed by atoms with van der Waals surface area (Å²) in [7, 11) is -3.54. The Labute approximate surface area is 172 Å². The maximum atomic E-state index is 12.8. The summed E-state index contributed by atoms with van der Waals surface area (Å²) in [5.41, 5.74) is 2.09. The van der Waals surface area contributed by atoms with Crippen LogP contribution in [0.4, 0.5) is 0 Å². The summed E-state index contributed by atoms with van der Waals surface area (Å²) in [4.78, 5) is 7.59. The first-order valence-corrected chi connectivity index (χ1v) is 11.0. The van der Waals surface area contributed by atoms with Gasteiger partial charge in [-0.3, -0.25) is 4.98 Å². The lowest BCUT2D eigenvalue weighted by Crippen LogP contribution is -2.31. The molecule has 148 valence electrons. The lowest BCUT2D eigenvalue weighted by molar-refractivity contribution is 0.231. The van der Waals surface area contributed by atoms with E-state index in [4.69, 9.17) is 0 Å². The Bertz CT molecular complexity index is 1030. The number of pyridine rings is 1. The average molecular weight is 417 g/mol. The molecule has 0 atom stereocenters. The molecule has 4 rings (SSSR count). The maximum Gasteiger partial charge on any atom is 0.208 e. The number of likely N-dealkylation sites (tertiary alicyclic amines) is 1. The van der Waals surface area contributed by atoms with Crippen LogP contribution in [0, 0.1) is 0 Å². The standard InChI is InChI=1S/C22H24N2O2S.ClH/c25-27(26,20-10-3-1-4-11-20)21-16-19-9-7-8-18(22(19)23-17-21)12-15-24-13-5-2-6-14-24;/h1,3-4,7-11,16-17H,2,5-6,12-15H2;1H. The highest BCUT2D eigenvalue weighted by atomic mass is 35.5. The Balaban J connectivity index is 0.00000225. The van der Waals surface area contributed by atoms with Gasteiger partial charge in [-0.15, -0.1) is 12.4 Å². The van der Waals surface area contributed by atoms with Crippen molar-refractivity contribution in [1.82, 2.24) is 9.88 Å². The van der Waals surface area contributed by atoms with E-state index in [0.717, 1.165) is 23.9 Å². The minimum absolute atomic E-state index is 0. The van der Waals surface area contributed by atoms with Crippen LogP contribution in [0.15, 0.2) is 70.6 Å². The fourth-order valence-electron chi connectivity index (χ4n) is 3.75. The highest BCUT2D eigenvalue weighted by molar-refractivity contribution is 7.91. The van der Waals surface area contributed by atoms with E-state index in [9.17, 15) is 8.42 Å². The third kappa shape index (κ3) is 4.37. The van der Waals surface area contributed by atoms with Gasteiger partial charge in [0.05, 0.1) is 15.3 Å². The topological polar surface area (TPSA) is 50.3 Å². The molecule has 0 radical (unpaired) electrons. The van der Waals surface area contributed by atoms with Crippen molar-refractivity contribution in [3.05, 3.63) is 66.4 Å². The number of para-hydroxylation sites is 1. The average Bonchev–Trinajstić information content (AvgIpc) is 2.73. The molecule has 3 aromatic rings. The van der Waals surface area contributed by atoms with E-state index in [-0.39, 0.29) is 17.3 Å². The zero-order valence-electron chi connectivity index (χ0n) is 15.8. The SMILES string of the molecule is Cl.O=S(=O)(c1ccccc1)c1cnc2c(CCN3CCCCC3)cccc2c1. The van der Waals surface area contributed by atoms with Crippen LogP contribution >= 0.6 is 12.4 Å². The van der Waals surface area contributed by atoms with E-state index in [2.05, 4.69) is 16.0 Å². The van der Waals surface area contributed by atoms with Crippen LogP contribution in [-0.2, 0) is 16.3 Å². The Hall–Kier alpha value is -1.95. The number of rotatable bonds is 5. The molecule has 0 saturated carbocycles. The minimum atomic E-state index is -3.54. The van der Waals surface area contributed by atoms with Crippen molar-refractivity contribution in [2.75, 3.05) is 19.6 Å². The summed E-state index contributed by atoms with van der Waals surface area (Å²) in [6.07, 6.45) is 6.35. The van der Waals surface area contributed by atoms with Gasteiger partial charge in [0.2, 0.25) is 9.84 Å². The molecule has 0 bridgehead atoms. The number of aromatic nitrogens is 1. The van der Waals surface area contributed by atoms with Crippen molar-refractivity contribution < 1.29 is 8.42 Å². The molecule has 1 aromatic heterocycles. The fourth-order valence-corrected chi connectivity index (χ4v) is 5.01. The normalized spacial score (nSPS) is 15.3. The largest absolute Gasteiger partial charge is 0.303 e. The molecular weight excluding hydrogens is 392 g/mol. The molecule has 2 heterocycles. The van der Waals surface area contributed by atoms with Crippen LogP contribution < -0.4 is 0 Å². The Morgan fingerprint density at radius 2 is 1.64 bits per heavy atom. The summed E-state index contributed by atoms with van der Waals surface area (Å²) in [6, 6.07) is 16.3. The van der Waals surface area contributed by atoms with Crippen molar-refractivity contribution in [2.24, 2.45) is 0 Å². The van der Waals surface area contributed by atoms with Crippen molar-refractivity contribution >= 4 is 33.1 Å². The zero-order valence-corrected chi connectivity index (χ0v) is 17.4. The second-order valence-corrected chi connectivity index (χ2v) is 9.08. The van der Waals surface area contributed by atoms with Crippen LogP contribution in [0.1, 0.15) is 24.8 Å². The predicted octanol–water partition coefficient (Wildman–Crippen LogP) is 4.52. The second-order valence-electron chi connectivity index (χ2n) is 7.13. The Morgan fingerprint density at radius 3 is 2.39 bits per heavy atom. The summed E-state index contributed by atoms with van der Waals surface area (Å²) in [6.45, 7) is 3.39. The van der Waals surface area contributed by atoms with Crippen molar-refractivity contribution in [3.8, 4) is 0 Å². The van der Waals surface area contributed by atoms with Crippen LogP contribution in [0.25, 0.3) is 10.9 Å². The van der Waals surface area contributed by atoms with Gasteiger partial charge < -0.3 is 4.90 Å². The minimum Gasteiger partial charge on any atom is -0.303 e. The van der Waals surface area contributed by atoms with E-state index in [0.29, 0.717) is 4.90 Å². The number of hydrogen-bond donors (Lipinski definition) is 0. The van der Waals surface area contributed by atoms with Crippen LogP contribution in [-0.4, -0.2) is 37.9 Å². The molecule has 0 amide bonds. The van der Waals surface area contributed by atoms with Crippen LogP contribution in [0.5, 0.6) is 0 Å². The molecule has 2 aromatic carbocycles. The quantitative estimate of drug-likeness (QED) is 0.613. The molecule has 1 saturated heterocycles. The number of halogens is 1. The number of benzene rings is 2. The van der Waals surface area contributed by atoms with Crippen molar-refractivity contribution in [1.29, 1.82) is 0 Å². The molecular formula is C22H25ClN2O2S. The first-order valence-electron chi connectivity index (χ1n) is 9.55. The highest BCUT2D eigenvalue weighted by Gasteiger charge is 2.19. The molecule has 6 heteroatoms. The van der Waals surface area contributed by atoms with Gasteiger partial charge >= 0.3 is 0 Å². The summed E-state index contributed by atoms with van der Waals surface area (Å²) in [5.74, 6) is 0. The van der Waals surface area contributed by atoms with E-state index < -0.39 is 9.84 Å². The third-order valence-electron chi connectivity index (χ3n) is 5.28. The van der Waals surface area contributed by atoms with Crippen LogP contribution in [0.2, 0.25) is 0 Å². The van der Waals surface area contributed by atoms with Gasteiger partial charge in [-0.1, -0.05) is 42.8 Å². The summed E-state index contributed by atoms with van der Waals surface area (Å²) < 4.78 is 25.7. The lowest BCUT2D eigenvalue weighted by atomic mass is 10.1. The van der Waals surface area contributed by atoms with E-state index in [1.807, 2.05) is 18.2 Å². The molecule has 1 fully saturated rings. The van der Waals surface area contributed by atoms with Gasteiger partial charge in [0.1, 0.15) is 0 Å². The van der Waals surface area contributed by atoms with Gasteiger partial charge in [0, 0.05) is 18.1 Å². The van der Waals surface area contributed by atoms with E-state index in [1.54, 1.807) is 30.3 Å². The van der Waals surface area contributed by atoms with Gasteiger partial charge in [0.15, 0.2) is 0 Å². The zero-order chi connectivity index (χ0) is 18.7. The van der Waals surface area contributed by atoms with Crippen molar-refractivity contribution in [3.63, 3.8) is 0 Å². The second kappa shape index (κ2) is 9.03. The smallest absolute Gasteiger partial charge is 0.208 e. The highest BCUT2D eigenvalue weighted by Crippen LogP contribution is 2.25. The predicted molar refractivity (Wildman–Crippen MR) is 115 cm³/mol. The first kappa shape index (κ1) is 20.8. The summed E-state index contributed by atoms with van der Waals surface area (Å²) >= 11 is 0. The number of hydrogen-bond acceptors (Lipinski definition) is 4. The molecule has 1 aliphatic heterocycles. The van der Waals surface area contributed by atoms with E-state index in [1.165, 1.54) is 44.1 Å². The molecule has 0 unspecified atom stereocenters. The number of nitrogens with zero attached hydrogens (tertiary/aromatic N) is 2. The lowest BCUT2D eigenvalue weighted by Gasteiger charge is -2.26. The first-order chi connectivity index (χ1) is 13.1. The Kier molecular flexibility index (Phi) is 6.70. The Morgan fingerprint density at radius 1 is 0.893 bits per heavy atom. The number of piperidine rings is 1. The van der Waals surface area contributed by atoms with E-state index >= 15 is 0 Å². The van der Waals surface area contributed by atoms with Crippen molar-refractivity contribution in [2.45, 2.75) is 35.5 Å². The third-order valence-corrected chi connectivity index (χ3v) is 7.02. The molecule has 1 aliphatic rings. The van der Waals surface area contributed by atoms with Gasteiger partial charge in [-0.05, 0) is 56.1 Å². The molecule has 0 spiro atoms. The van der Waals surface area contributed by atoms with Gasteiger partial charge in [-0.25, -0.2) is 8.42 Å². The fraction of sp³-hybridized carbons (Fsp3) is 0.318. The van der Waals surface area contributed by atoms with Crippen LogP contribution in [0.3, 0.4) is 0 Å². The van der Waals surface area contributed by atoms with Gasteiger partial charge in [-0.2, -0.15) is 0 Å². The monoisotopic (exact) mass is 416 g/mol. The maximum absolute atomic E-state index is 12.8.